The average molecular weight is 278 g/mol. The van der Waals surface area contributed by atoms with Crippen LogP contribution in [0.5, 0.6) is 0 Å². The maximum Gasteiger partial charge on any atom is 0.274 e. The number of aromatic nitrogens is 1. The van der Waals surface area contributed by atoms with Crippen LogP contribution >= 0.6 is 11.6 Å². The molecule has 0 aliphatic carbocycles. The second-order valence-electron chi connectivity index (χ2n) is 3.92. The zero-order chi connectivity index (χ0) is 13.8. The van der Waals surface area contributed by atoms with Crippen LogP contribution in [0.4, 0.5) is 11.4 Å². The molecule has 0 spiro atoms. The summed E-state index contributed by atoms with van der Waals surface area (Å²) < 4.78 is 1.24. The first-order valence-electron chi connectivity index (χ1n) is 5.57. The Bertz CT molecular complexity index is 667. The van der Waals surface area contributed by atoms with Gasteiger partial charge in [0.2, 0.25) is 5.91 Å². The number of halogens is 1. The van der Waals surface area contributed by atoms with Crippen LogP contribution in [0, 0.1) is 0 Å². The van der Waals surface area contributed by atoms with E-state index in [1.54, 1.807) is 30.3 Å². The highest BCUT2D eigenvalue weighted by molar-refractivity contribution is 6.33. The third-order valence-corrected chi connectivity index (χ3v) is 2.84. The summed E-state index contributed by atoms with van der Waals surface area (Å²) in [6.07, 6.45) is 1.50. The van der Waals surface area contributed by atoms with Gasteiger partial charge in [-0.25, -0.2) is 0 Å². The van der Waals surface area contributed by atoms with Crippen LogP contribution in [-0.4, -0.2) is 10.5 Å². The minimum absolute atomic E-state index is 0.105. The van der Waals surface area contributed by atoms with Crippen LogP contribution in [0.2, 0.25) is 5.02 Å². The molecule has 0 bridgehead atoms. The average Bonchev–Trinajstić information content (AvgIpc) is 2.38. The molecule has 1 aromatic carbocycles. The fourth-order valence-corrected chi connectivity index (χ4v) is 1.77. The van der Waals surface area contributed by atoms with Crippen LogP contribution in [-0.2, 0) is 11.3 Å². The molecule has 2 rings (SSSR count). The minimum atomic E-state index is -0.392. The van der Waals surface area contributed by atoms with Crippen LogP contribution in [0.1, 0.15) is 0 Å². The molecule has 0 unspecified atom stereocenters. The van der Waals surface area contributed by atoms with Crippen molar-refractivity contribution >= 4 is 28.9 Å². The van der Waals surface area contributed by atoms with E-state index in [2.05, 4.69) is 5.32 Å². The van der Waals surface area contributed by atoms with Crippen molar-refractivity contribution in [2.45, 2.75) is 6.54 Å². The molecule has 98 valence electrons. The Morgan fingerprint density at radius 1 is 1.26 bits per heavy atom. The standard InChI is InChI=1S/C13H12ClN3O2/c14-9-4-1-2-6-11(9)16-12(18)8-17-7-3-5-10(15)13(17)19/h1-7H,8,15H2,(H,16,18). The van der Waals surface area contributed by atoms with Gasteiger partial charge in [-0.1, -0.05) is 23.7 Å². The number of nitrogens with zero attached hydrogens (tertiary/aromatic N) is 1. The van der Waals surface area contributed by atoms with Gasteiger partial charge in [0.05, 0.1) is 16.4 Å². The Hall–Kier alpha value is -2.27. The largest absolute Gasteiger partial charge is 0.394 e. The zero-order valence-corrected chi connectivity index (χ0v) is 10.7. The summed E-state index contributed by atoms with van der Waals surface area (Å²) in [6, 6.07) is 9.98. The van der Waals surface area contributed by atoms with Gasteiger partial charge in [-0.3, -0.25) is 9.59 Å². The molecule has 0 saturated carbocycles. The van der Waals surface area contributed by atoms with Crippen LogP contribution < -0.4 is 16.6 Å². The summed E-state index contributed by atoms with van der Waals surface area (Å²) in [5.41, 5.74) is 5.71. The number of rotatable bonds is 3. The van der Waals surface area contributed by atoms with Crippen LogP contribution in [0.3, 0.4) is 0 Å². The van der Waals surface area contributed by atoms with E-state index in [-0.39, 0.29) is 18.1 Å². The molecule has 2 aromatic rings. The van der Waals surface area contributed by atoms with E-state index in [1.807, 2.05) is 0 Å². The van der Waals surface area contributed by atoms with Gasteiger partial charge in [0.1, 0.15) is 6.54 Å². The Morgan fingerprint density at radius 3 is 2.74 bits per heavy atom. The van der Waals surface area contributed by atoms with E-state index < -0.39 is 5.56 Å². The molecule has 0 saturated heterocycles. The highest BCUT2D eigenvalue weighted by atomic mass is 35.5. The molecule has 5 nitrogen and oxygen atoms in total. The van der Waals surface area contributed by atoms with Gasteiger partial charge < -0.3 is 15.6 Å². The summed E-state index contributed by atoms with van der Waals surface area (Å²) >= 11 is 5.92. The Morgan fingerprint density at radius 2 is 2.00 bits per heavy atom. The molecule has 0 fully saturated rings. The molecule has 1 heterocycles. The zero-order valence-electron chi connectivity index (χ0n) is 9.97. The van der Waals surface area contributed by atoms with Gasteiger partial charge in [-0.15, -0.1) is 0 Å². The molecule has 3 N–H and O–H groups in total. The Balaban J connectivity index is 2.12. The van der Waals surface area contributed by atoms with Crippen molar-refractivity contribution in [1.29, 1.82) is 0 Å². The molecule has 0 aliphatic rings. The van der Waals surface area contributed by atoms with E-state index in [0.717, 1.165) is 0 Å². The van der Waals surface area contributed by atoms with Crippen molar-refractivity contribution in [3.8, 4) is 0 Å². The molecular weight excluding hydrogens is 266 g/mol. The summed E-state index contributed by atoms with van der Waals surface area (Å²) in [5.74, 6) is -0.346. The number of anilines is 2. The van der Waals surface area contributed by atoms with Gasteiger partial charge >= 0.3 is 0 Å². The van der Waals surface area contributed by atoms with Crippen molar-refractivity contribution in [2.75, 3.05) is 11.1 Å². The van der Waals surface area contributed by atoms with E-state index in [4.69, 9.17) is 17.3 Å². The molecule has 0 radical (unpaired) electrons. The molecule has 0 aliphatic heterocycles. The number of hydrogen-bond acceptors (Lipinski definition) is 3. The number of carbonyl (C=O) groups is 1. The van der Waals surface area contributed by atoms with E-state index >= 15 is 0 Å². The predicted molar refractivity (Wildman–Crippen MR) is 75.2 cm³/mol. The van der Waals surface area contributed by atoms with Crippen molar-refractivity contribution in [3.05, 3.63) is 58.0 Å². The summed E-state index contributed by atoms with van der Waals surface area (Å²) in [4.78, 5) is 23.5. The van der Waals surface area contributed by atoms with Crippen LogP contribution in [0.15, 0.2) is 47.4 Å². The SMILES string of the molecule is Nc1cccn(CC(=O)Nc2ccccc2Cl)c1=O. The smallest absolute Gasteiger partial charge is 0.274 e. The van der Waals surface area contributed by atoms with Gasteiger partial charge in [-0.05, 0) is 24.3 Å². The molecule has 6 heteroatoms. The topological polar surface area (TPSA) is 77.1 Å². The monoisotopic (exact) mass is 277 g/mol. The summed E-state index contributed by atoms with van der Waals surface area (Å²) in [6.45, 7) is -0.116. The Kier molecular flexibility index (Phi) is 3.87. The number of pyridine rings is 1. The lowest BCUT2D eigenvalue weighted by molar-refractivity contribution is -0.116. The molecule has 1 amide bonds. The lowest BCUT2D eigenvalue weighted by Gasteiger charge is -2.08. The van der Waals surface area contributed by atoms with Crippen molar-refractivity contribution < 1.29 is 4.79 Å². The third kappa shape index (κ3) is 3.14. The predicted octanol–water partition coefficient (Wildman–Crippen LogP) is 1.72. The fourth-order valence-electron chi connectivity index (χ4n) is 1.59. The van der Waals surface area contributed by atoms with Gasteiger partial charge in [0.15, 0.2) is 0 Å². The lowest BCUT2D eigenvalue weighted by atomic mass is 10.3. The number of nitrogens with two attached hydrogens (primary N) is 1. The second-order valence-corrected chi connectivity index (χ2v) is 4.33. The van der Waals surface area contributed by atoms with Crippen molar-refractivity contribution in [1.82, 2.24) is 4.57 Å². The first-order valence-corrected chi connectivity index (χ1v) is 5.95. The number of benzene rings is 1. The fraction of sp³-hybridized carbons (Fsp3) is 0.0769. The van der Waals surface area contributed by atoms with Crippen molar-refractivity contribution in [2.24, 2.45) is 0 Å². The normalized spacial score (nSPS) is 10.2. The number of hydrogen-bond donors (Lipinski definition) is 2. The number of amides is 1. The number of nitrogen functional groups attached to an aromatic ring is 1. The van der Waals surface area contributed by atoms with Gasteiger partial charge in [-0.2, -0.15) is 0 Å². The number of carbonyl (C=O) groups excluding carboxylic acids is 1. The highest BCUT2D eigenvalue weighted by Gasteiger charge is 2.07. The molecule has 0 atom stereocenters. The van der Waals surface area contributed by atoms with Crippen LogP contribution in [0.25, 0.3) is 0 Å². The lowest BCUT2D eigenvalue weighted by Crippen LogP contribution is -2.28. The second kappa shape index (κ2) is 5.58. The first kappa shape index (κ1) is 13.2. The van der Waals surface area contributed by atoms with E-state index in [0.29, 0.717) is 10.7 Å². The maximum atomic E-state index is 11.8. The van der Waals surface area contributed by atoms with Gasteiger partial charge in [0.25, 0.3) is 5.56 Å². The van der Waals surface area contributed by atoms with E-state index in [1.165, 1.54) is 16.8 Å². The maximum absolute atomic E-state index is 11.8. The highest BCUT2D eigenvalue weighted by Crippen LogP contribution is 2.20. The molecule has 1 aromatic heterocycles. The number of para-hydroxylation sites is 1. The minimum Gasteiger partial charge on any atom is -0.394 e. The third-order valence-electron chi connectivity index (χ3n) is 2.51. The quantitative estimate of drug-likeness (QED) is 0.897. The number of nitrogens with one attached hydrogen (secondary N) is 1. The first-order chi connectivity index (χ1) is 9.08. The Labute approximate surface area is 114 Å². The van der Waals surface area contributed by atoms with E-state index in [9.17, 15) is 9.59 Å². The summed E-state index contributed by atoms with van der Waals surface area (Å²) in [5, 5.41) is 3.07. The summed E-state index contributed by atoms with van der Waals surface area (Å²) in [7, 11) is 0. The molecular formula is C13H12ClN3O2. The molecule has 19 heavy (non-hydrogen) atoms. The van der Waals surface area contributed by atoms with Crippen molar-refractivity contribution in [3.63, 3.8) is 0 Å². The van der Waals surface area contributed by atoms with Gasteiger partial charge in [0, 0.05) is 6.20 Å².